The predicted molar refractivity (Wildman–Crippen MR) is 83.4 cm³/mol. The molecule has 1 saturated heterocycles. The molecule has 0 unspecified atom stereocenters. The highest BCUT2D eigenvalue weighted by Gasteiger charge is 2.47. The summed E-state index contributed by atoms with van der Waals surface area (Å²) in [5.41, 5.74) is 1.27. The Morgan fingerprint density at radius 3 is 2.62 bits per heavy atom. The van der Waals surface area contributed by atoms with Gasteiger partial charge in [0.05, 0.1) is 7.11 Å². The van der Waals surface area contributed by atoms with Gasteiger partial charge in [0, 0.05) is 18.5 Å². The molecule has 2 fully saturated rings. The molecule has 1 aliphatic carbocycles. The van der Waals surface area contributed by atoms with Crippen LogP contribution in [-0.2, 0) is 4.79 Å². The van der Waals surface area contributed by atoms with Gasteiger partial charge in [-0.05, 0) is 48.8 Å². The number of amides is 1. The van der Waals surface area contributed by atoms with E-state index in [1.165, 1.54) is 12.0 Å². The van der Waals surface area contributed by atoms with Crippen LogP contribution >= 0.6 is 0 Å². The van der Waals surface area contributed by atoms with Crippen LogP contribution in [0.1, 0.15) is 44.6 Å². The Morgan fingerprint density at radius 2 is 2.00 bits per heavy atom. The lowest BCUT2D eigenvalue weighted by atomic mass is 10.0. The second kappa shape index (κ2) is 5.70. The topological polar surface area (TPSA) is 29.5 Å². The molecule has 3 rings (SSSR count). The maximum absolute atomic E-state index is 12.7. The van der Waals surface area contributed by atoms with Gasteiger partial charge in [-0.1, -0.05) is 26.0 Å². The Labute approximate surface area is 127 Å². The zero-order chi connectivity index (χ0) is 15.0. The van der Waals surface area contributed by atoms with E-state index >= 15 is 0 Å². The van der Waals surface area contributed by atoms with Crippen LogP contribution in [0, 0.1) is 11.8 Å². The molecule has 0 aromatic heterocycles. The highest BCUT2D eigenvalue weighted by atomic mass is 16.5. The molecule has 114 valence electrons. The fourth-order valence-electron chi connectivity index (χ4n) is 3.66. The smallest absolute Gasteiger partial charge is 0.226 e. The van der Waals surface area contributed by atoms with Crippen molar-refractivity contribution in [1.82, 2.24) is 4.90 Å². The number of hydrogen-bond donors (Lipinski definition) is 0. The van der Waals surface area contributed by atoms with E-state index in [4.69, 9.17) is 4.74 Å². The molecule has 1 aromatic rings. The monoisotopic (exact) mass is 287 g/mol. The van der Waals surface area contributed by atoms with Crippen molar-refractivity contribution in [3.8, 4) is 5.75 Å². The van der Waals surface area contributed by atoms with Gasteiger partial charge in [-0.2, -0.15) is 0 Å². The van der Waals surface area contributed by atoms with E-state index in [0.29, 0.717) is 23.8 Å². The molecule has 3 nitrogen and oxygen atoms in total. The second-order valence-corrected chi connectivity index (χ2v) is 6.71. The molecular weight excluding hydrogens is 262 g/mol. The average Bonchev–Trinajstić information content (AvgIpc) is 3.13. The highest BCUT2D eigenvalue weighted by Crippen LogP contribution is 2.49. The number of nitrogens with zero attached hydrogens (tertiary/aromatic N) is 1. The molecule has 21 heavy (non-hydrogen) atoms. The van der Waals surface area contributed by atoms with Gasteiger partial charge in [-0.3, -0.25) is 4.79 Å². The van der Waals surface area contributed by atoms with Gasteiger partial charge in [-0.15, -0.1) is 0 Å². The number of likely N-dealkylation sites (tertiary alicyclic amines) is 1. The van der Waals surface area contributed by atoms with Crippen LogP contribution in [0.4, 0.5) is 0 Å². The lowest BCUT2D eigenvalue weighted by Crippen LogP contribution is -2.39. The third-order valence-electron chi connectivity index (χ3n) is 5.00. The molecule has 1 saturated carbocycles. The van der Waals surface area contributed by atoms with E-state index in [1.807, 2.05) is 12.1 Å². The molecule has 2 aliphatic rings. The van der Waals surface area contributed by atoms with Crippen LogP contribution in [0.2, 0.25) is 0 Å². The summed E-state index contributed by atoms with van der Waals surface area (Å²) in [6.07, 6.45) is 3.34. The first-order chi connectivity index (χ1) is 10.1. The van der Waals surface area contributed by atoms with Crippen molar-refractivity contribution in [2.24, 2.45) is 11.8 Å². The third-order valence-corrected chi connectivity index (χ3v) is 5.00. The molecular formula is C18H25NO2. The number of ether oxygens (including phenoxy) is 1. The van der Waals surface area contributed by atoms with E-state index in [0.717, 1.165) is 25.1 Å². The minimum Gasteiger partial charge on any atom is -0.497 e. The number of methoxy groups -OCH3 is 1. The number of carbonyl (C=O) groups is 1. The maximum Gasteiger partial charge on any atom is 0.226 e. The molecule has 1 aliphatic heterocycles. The number of carbonyl (C=O) groups excluding carboxylic acids is 1. The molecule has 0 radical (unpaired) electrons. The van der Waals surface area contributed by atoms with Crippen molar-refractivity contribution in [2.45, 2.75) is 45.1 Å². The van der Waals surface area contributed by atoms with Gasteiger partial charge in [0.1, 0.15) is 5.75 Å². The zero-order valence-corrected chi connectivity index (χ0v) is 13.2. The highest BCUT2D eigenvalue weighted by molar-refractivity contribution is 5.83. The number of rotatable bonds is 4. The van der Waals surface area contributed by atoms with E-state index in [2.05, 4.69) is 30.9 Å². The second-order valence-electron chi connectivity index (χ2n) is 6.71. The Kier molecular flexibility index (Phi) is 3.92. The summed E-state index contributed by atoms with van der Waals surface area (Å²) in [4.78, 5) is 14.9. The van der Waals surface area contributed by atoms with Crippen LogP contribution in [0.5, 0.6) is 5.75 Å². The fourth-order valence-corrected chi connectivity index (χ4v) is 3.66. The quantitative estimate of drug-likeness (QED) is 0.849. The molecule has 0 spiro atoms. The Bertz CT molecular complexity index is 508. The van der Waals surface area contributed by atoms with Crippen LogP contribution in [0.25, 0.3) is 0 Å². The van der Waals surface area contributed by atoms with Crippen LogP contribution < -0.4 is 4.74 Å². The Balaban J connectivity index is 1.65. The molecule has 1 amide bonds. The Hall–Kier alpha value is -1.51. The van der Waals surface area contributed by atoms with Gasteiger partial charge >= 0.3 is 0 Å². The fraction of sp³-hybridized carbons (Fsp3) is 0.611. The van der Waals surface area contributed by atoms with Crippen molar-refractivity contribution in [3.05, 3.63) is 29.8 Å². The number of benzene rings is 1. The summed E-state index contributed by atoms with van der Waals surface area (Å²) >= 11 is 0. The number of hydrogen-bond acceptors (Lipinski definition) is 2. The van der Waals surface area contributed by atoms with E-state index < -0.39 is 0 Å². The van der Waals surface area contributed by atoms with E-state index in [-0.39, 0.29) is 5.92 Å². The van der Waals surface area contributed by atoms with Crippen LogP contribution in [-0.4, -0.2) is 30.5 Å². The van der Waals surface area contributed by atoms with Gasteiger partial charge in [0.2, 0.25) is 5.91 Å². The molecule has 0 bridgehead atoms. The van der Waals surface area contributed by atoms with E-state index in [1.54, 1.807) is 7.11 Å². The summed E-state index contributed by atoms with van der Waals surface area (Å²) < 4.78 is 5.19. The van der Waals surface area contributed by atoms with Crippen molar-refractivity contribution in [2.75, 3.05) is 13.7 Å². The first kappa shape index (κ1) is 14.4. The minimum absolute atomic E-state index is 0.206. The summed E-state index contributed by atoms with van der Waals surface area (Å²) in [6.45, 7) is 5.40. The zero-order valence-electron chi connectivity index (χ0n) is 13.2. The predicted octanol–water partition coefficient (Wildman–Crippen LogP) is 3.45. The lowest BCUT2D eigenvalue weighted by Gasteiger charge is -2.28. The van der Waals surface area contributed by atoms with Crippen LogP contribution in [0.3, 0.4) is 0 Å². The van der Waals surface area contributed by atoms with Crippen molar-refractivity contribution in [3.63, 3.8) is 0 Å². The minimum atomic E-state index is 0.206. The largest absolute Gasteiger partial charge is 0.497 e. The summed E-state index contributed by atoms with van der Waals surface area (Å²) in [7, 11) is 1.68. The van der Waals surface area contributed by atoms with Gasteiger partial charge in [-0.25, -0.2) is 0 Å². The van der Waals surface area contributed by atoms with Gasteiger partial charge in [0.25, 0.3) is 0 Å². The Morgan fingerprint density at radius 1 is 1.29 bits per heavy atom. The lowest BCUT2D eigenvalue weighted by molar-refractivity contribution is -0.134. The average molecular weight is 287 g/mol. The van der Waals surface area contributed by atoms with E-state index in [9.17, 15) is 4.79 Å². The van der Waals surface area contributed by atoms with Crippen molar-refractivity contribution in [1.29, 1.82) is 0 Å². The van der Waals surface area contributed by atoms with Crippen molar-refractivity contribution >= 4 is 5.91 Å². The van der Waals surface area contributed by atoms with Crippen molar-refractivity contribution < 1.29 is 9.53 Å². The van der Waals surface area contributed by atoms with Gasteiger partial charge in [0.15, 0.2) is 0 Å². The maximum atomic E-state index is 12.7. The summed E-state index contributed by atoms with van der Waals surface area (Å²) in [5, 5.41) is 0. The molecule has 0 N–H and O–H groups in total. The third kappa shape index (κ3) is 2.78. The first-order valence-corrected chi connectivity index (χ1v) is 8.06. The summed E-state index contributed by atoms with van der Waals surface area (Å²) in [5.74, 6) is 2.44. The molecule has 3 heteroatoms. The van der Waals surface area contributed by atoms with Crippen LogP contribution in [0.15, 0.2) is 24.3 Å². The normalized spacial score (nSPS) is 28.0. The summed E-state index contributed by atoms with van der Waals surface area (Å²) in [6, 6.07) is 8.63. The standard InChI is InChI=1S/C18H25NO2/c1-12(2)17-5-4-10-19(17)18(20)16-11-15(16)13-6-8-14(21-3)9-7-13/h6-9,12,15-17H,4-5,10-11H2,1-3H3/t15-,16+,17-/m1/s1. The molecule has 1 heterocycles. The molecule has 3 atom stereocenters. The first-order valence-electron chi connectivity index (χ1n) is 8.06. The van der Waals surface area contributed by atoms with Gasteiger partial charge < -0.3 is 9.64 Å². The SMILES string of the molecule is COc1ccc([C@H]2C[C@@H]2C(=O)N2CCC[C@@H]2C(C)C)cc1. The molecule has 1 aromatic carbocycles.